The highest BCUT2D eigenvalue weighted by molar-refractivity contribution is 6.34. The Kier molecular flexibility index (Phi) is 3.80. The molecule has 2 aliphatic rings. The van der Waals surface area contributed by atoms with Crippen molar-refractivity contribution in [1.82, 2.24) is 15.2 Å². The first-order valence-corrected chi connectivity index (χ1v) is 7.63. The van der Waals surface area contributed by atoms with Gasteiger partial charge in [-0.05, 0) is 30.4 Å². The Morgan fingerprint density at radius 3 is 2.62 bits per heavy atom. The number of carbonyl (C=O) groups is 2. The molecule has 0 aromatic carbocycles. The maximum Gasteiger partial charge on any atom is 0.274 e. The van der Waals surface area contributed by atoms with E-state index in [1.807, 2.05) is 0 Å². The van der Waals surface area contributed by atoms with Gasteiger partial charge in [0.25, 0.3) is 5.91 Å². The van der Waals surface area contributed by atoms with Crippen LogP contribution in [0.2, 0.25) is 10.2 Å². The van der Waals surface area contributed by atoms with E-state index < -0.39 is 0 Å². The van der Waals surface area contributed by atoms with Crippen LogP contribution in [0, 0.1) is 5.41 Å². The number of hydrogen-bond acceptors (Lipinski definition) is 3. The summed E-state index contributed by atoms with van der Waals surface area (Å²) in [5.41, 5.74) is 0.208. The quantitative estimate of drug-likeness (QED) is 0.804. The van der Waals surface area contributed by atoms with Crippen LogP contribution >= 0.6 is 23.2 Å². The van der Waals surface area contributed by atoms with Crippen molar-refractivity contribution in [3.63, 3.8) is 0 Å². The maximum absolute atomic E-state index is 12.5. The Morgan fingerprint density at radius 1 is 1.29 bits per heavy atom. The molecule has 0 atom stereocenters. The summed E-state index contributed by atoms with van der Waals surface area (Å²) in [7, 11) is 0. The zero-order valence-electron chi connectivity index (χ0n) is 11.4. The molecule has 112 valence electrons. The highest BCUT2D eigenvalue weighted by Crippen LogP contribution is 2.37. The van der Waals surface area contributed by atoms with E-state index >= 15 is 0 Å². The third-order valence-electron chi connectivity index (χ3n) is 4.32. The van der Waals surface area contributed by atoms with E-state index in [0.717, 1.165) is 12.8 Å². The minimum Gasteiger partial charge on any atom is -0.356 e. The summed E-state index contributed by atoms with van der Waals surface area (Å²) < 4.78 is 0. The number of amides is 2. The number of piperidine rings is 1. The number of aromatic nitrogens is 1. The van der Waals surface area contributed by atoms with Crippen LogP contribution in [0.5, 0.6) is 0 Å². The Bertz CT molecular complexity index is 598. The SMILES string of the molecule is O=C1CC2(CCN(C(=O)c3nc(Cl)ccc3Cl)CC2)CN1. The lowest BCUT2D eigenvalue weighted by Crippen LogP contribution is -2.44. The standard InChI is InChI=1S/C14H15Cl2N3O2/c15-9-1-2-10(16)18-12(9)13(21)19-5-3-14(4-6-19)7-11(20)17-8-14/h1-2H,3-8H2,(H,17,20). The van der Waals surface area contributed by atoms with Crippen molar-refractivity contribution in [2.24, 2.45) is 5.41 Å². The highest BCUT2D eigenvalue weighted by atomic mass is 35.5. The fraction of sp³-hybridized carbons (Fsp3) is 0.500. The van der Waals surface area contributed by atoms with Crippen LogP contribution in [-0.2, 0) is 4.79 Å². The van der Waals surface area contributed by atoms with Gasteiger partial charge in [-0.25, -0.2) is 4.98 Å². The van der Waals surface area contributed by atoms with Crippen molar-refractivity contribution in [2.75, 3.05) is 19.6 Å². The predicted molar refractivity (Wildman–Crippen MR) is 79.5 cm³/mol. The largest absolute Gasteiger partial charge is 0.356 e. The minimum atomic E-state index is -0.199. The van der Waals surface area contributed by atoms with Crippen LogP contribution in [0.15, 0.2) is 12.1 Å². The fourth-order valence-electron chi connectivity index (χ4n) is 3.01. The second-order valence-electron chi connectivity index (χ2n) is 5.71. The van der Waals surface area contributed by atoms with Crippen LogP contribution in [-0.4, -0.2) is 41.3 Å². The van der Waals surface area contributed by atoms with Crippen LogP contribution < -0.4 is 5.32 Å². The van der Waals surface area contributed by atoms with E-state index in [4.69, 9.17) is 23.2 Å². The zero-order chi connectivity index (χ0) is 15.0. The predicted octanol–water partition coefficient (Wildman–Crippen LogP) is 2.13. The first-order valence-electron chi connectivity index (χ1n) is 6.87. The first kappa shape index (κ1) is 14.6. The Labute approximate surface area is 132 Å². The number of rotatable bonds is 1. The molecule has 2 amide bonds. The molecule has 0 saturated carbocycles. The molecular weight excluding hydrogens is 313 g/mol. The van der Waals surface area contributed by atoms with Gasteiger partial charge in [-0.3, -0.25) is 9.59 Å². The normalized spacial score (nSPS) is 20.7. The van der Waals surface area contributed by atoms with Gasteiger partial charge in [0.2, 0.25) is 5.91 Å². The van der Waals surface area contributed by atoms with Gasteiger partial charge in [-0.1, -0.05) is 23.2 Å². The van der Waals surface area contributed by atoms with E-state index in [1.54, 1.807) is 17.0 Å². The van der Waals surface area contributed by atoms with E-state index in [2.05, 4.69) is 10.3 Å². The highest BCUT2D eigenvalue weighted by Gasteiger charge is 2.42. The molecule has 3 heterocycles. The summed E-state index contributed by atoms with van der Waals surface area (Å²) in [6, 6.07) is 3.14. The summed E-state index contributed by atoms with van der Waals surface area (Å²) in [6.45, 7) is 1.93. The van der Waals surface area contributed by atoms with Gasteiger partial charge in [0.15, 0.2) is 0 Å². The summed E-state index contributed by atoms with van der Waals surface area (Å²) >= 11 is 11.9. The molecule has 1 spiro atoms. The van der Waals surface area contributed by atoms with E-state index in [-0.39, 0.29) is 28.1 Å². The fourth-order valence-corrected chi connectivity index (χ4v) is 3.34. The van der Waals surface area contributed by atoms with Crippen molar-refractivity contribution in [1.29, 1.82) is 0 Å². The number of pyridine rings is 1. The molecule has 7 heteroatoms. The topological polar surface area (TPSA) is 62.3 Å². The molecule has 5 nitrogen and oxygen atoms in total. The first-order chi connectivity index (χ1) is 9.99. The van der Waals surface area contributed by atoms with Crippen LogP contribution in [0.4, 0.5) is 0 Å². The molecular formula is C14H15Cl2N3O2. The second kappa shape index (κ2) is 5.46. The summed E-state index contributed by atoms with van der Waals surface area (Å²) in [5, 5.41) is 3.44. The van der Waals surface area contributed by atoms with Crippen molar-refractivity contribution >= 4 is 35.0 Å². The number of halogens is 2. The third-order valence-corrected chi connectivity index (χ3v) is 4.84. The van der Waals surface area contributed by atoms with Crippen molar-refractivity contribution in [2.45, 2.75) is 19.3 Å². The van der Waals surface area contributed by atoms with Crippen molar-refractivity contribution in [3.8, 4) is 0 Å². The number of nitrogens with zero attached hydrogens (tertiary/aromatic N) is 2. The molecule has 2 fully saturated rings. The Hall–Kier alpha value is -1.33. The van der Waals surface area contributed by atoms with Gasteiger partial charge >= 0.3 is 0 Å². The number of likely N-dealkylation sites (tertiary alicyclic amines) is 1. The molecule has 21 heavy (non-hydrogen) atoms. The molecule has 2 aliphatic heterocycles. The molecule has 3 rings (SSSR count). The van der Waals surface area contributed by atoms with Gasteiger partial charge < -0.3 is 10.2 Å². The lowest BCUT2D eigenvalue weighted by Gasteiger charge is -2.38. The van der Waals surface area contributed by atoms with Crippen LogP contribution in [0.25, 0.3) is 0 Å². The van der Waals surface area contributed by atoms with Crippen molar-refractivity contribution in [3.05, 3.63) is 28.0 Å². The lowest BCUT2D eigenvalue weighted by molar-refractivity contribution is -0.119. The zero-order valence-corrected chi connectivity index (χ0v) is 12.9. The lowest BCUT2D eigenvalue weighted by atomic mass is 9.77. The monoisotopic (exact) mass is 327 g/mol. The van der Waals surface area contributed by atoms with Gasteiger partial charge in [0, 0.05) is 26.1 Å². The molecule has 0 bridgehead atoms. The van der Waals surface area contributed by atoms with Crippen LogP contribution in [0.3, 0.4) is 0 Å². The van der Waals surface area contributed by atoms with Gasteiger partial charge in [-0.2, -0.15) is 0 Å². The third kappa shape index (κ3) is 2.85. The smallest absolute Gasteiger partial charge is 0.274 e. The number of nitrogens with one attached hydrogen (secondary N) is 1. The summed E-state index contributed by atoms with van der Waals surface area (Å²) in [4.78, 5) is 29.6. The Balaban J connectivity index is 1.70. The van der Waals surface area contributed by atoms with E-state index in [1.165, 1.54) is 0 Å². The molecule has 1 aromatic rings. The average Bonchev–Trinajstić information content (AvgIpc) is 2.83. The summed E-state index contributed by atoms with van der Waals surface area (Å²) in [5.74, 6) is -0.0936. The molecule has 0 aliphatic carbocycles. The molecule has 0 unspecified atom stereocenters. The molecule has 1 N–H and O–H groups in total. The van der Waals surface area contributed by atoms with Crippen LogP contribution in [0.1, 0.15) is 29.8 Å². The molecule has 1 aromatic heterocycles. The second-order valence-corrected chi connectivity index (χ2v) is 6.50. The average molecular weight is 328 g/mol. The molecule has 2 saturated heterocycles. The van der Waals surface area contributed by atoms with Crippen molar-refractivity contribution < 1.29 is 9.59 Å². The molecule has 0 radical (unpaired) electrons. The van der Waals surface area contributed by atoms with E-state index in [0.29, 0.717) is 31.1 Å². The van der Waals surface area contributed by atoms with E-state index in [9.17, 15) is 9.59 Å². The van der Waals surface area contributed by atoms with Gasteiger partial charge in [-0.15, -0.1) is 0 Å². The minimum absolute atomic E-state index is 0.0133. The van der Waals surface area contributed by atoms with Gasteiger partial charge in [0.1, 0.15) is 10.8 Å². The maximum atomic E-state index is 12.5. The Morgan fingerprint density at radius 2 is 2.00 bits per heavy atom. The van der Waals surface area contributed by atoms with Gasteiger partial charge in [0.05, 0.1) is 5.02 Å². The number of carbonyl (C=O) groups excluding carboxylic acids is 2. The number of hydrogen-bond donors (Lipinski definition) is 1. The summed E-state index contributed by atoms with van der Waals surface area (Å²) in [6.07, 6.45) is 2.19.